The normalized spacial score (nSPS) is 16.5. The molecule has 2 aromatic carbocycles. The summed E-state index contributed by atoms with van der Waals surface area (Å²) in [5.74, 6) is -1.36. The van der Waals surface area contributed by atoms with Crippen molar-refractivity contribution in [2.24, 2.45) is 5.92 Å². The maximum Gasteiger partial charge on any atom is 0.416 e. The maximum absolute atomic E-state index is 12.8. The van der Waals surface area contributed by atoms with E-state index in [2.05, 4.69) is 10.6 Å². The van der Waals surface area contributed by atoms with Gasteiger partial charge in [0.1, 0.15) is 0 Å². The summed E-state index contributed by atoms with van der Waals surface area (Å²) < 4.78 is 38.4. The Kier molecular flexibility index (Phi) is 6.33. The van der Waals surface area contributed by atoms with Gasteiger partial charge in [0.05, 0.1) is 11.5 Å². The Bertz CT molecular complexity index is 987. The molecule has 0 aromatic heterocycles. The number of anilines is 2. The van der Waals surface area contributed by atoms with Crippen LogP contribution in [0.4, 0.5) is 24.5 Å². The van der Waals surface area contributed by atoms with Crippen molar-refractivity contribution < 1.29 is 27.6 Å². The summed E-state index contributed by atoms with van der Waals surface area (Å²) in [6, 6.07) is 10.3. The highest BCUT2D eigenvalue weighted by molar-refractivity contribution is 6.05. The predicted octanol–water partition coefficient (Wildman–Crippen LogP) is 4.15. The first-order chi connectivity index (χ1) is 14.5. The first kappa shape index (κ1) is 22.3. The maximum atomic E-state index is 12.8. The van der Waals surface area contributed by atoms with Crippen molar-refractivity contribution >= 4 is 29.1 Å². The Labute approximate surface area is 177 Å². The van der Waals surface area contributed by atoms with Crippen molar-refractivity contribution in [3.63, 3.8) is 0 Å². The minimum atomic E-state index is -4.50. The number of nitrogens with one attached hydrogen (secondary N) is 2. The van der Waals surface area contributed by atoms with Crippen LogP contribution in [0.5, 0.6) is 0 Å². The van der Waals surface area contributed by atoms with E-state index in [9.17, 15) is 27.6 Å². The van der Waals surface area contributed by atoms with E-state index in [0.29, 0.717) is 12.2 Å². The second-order valence-electron chi connectivity index (χ2n) is 7.64. The summed E-state index contributed by atoms with van der Waals surface area (Å²) in [4.78, 5) is 38.4. The molecule has 9 heteroatoms. The Morgan fingerprint density at radius 1 is 1.03 bits per heavy atom. The summed E-state index contributed by atoms with van der Waals surface area (Å²) in [7, 11) is 0. The van der Waals surface area contributed by atoms with Crippen molar-refractivity contribution in [3.05, 3.63) is 59.7 Å². The van der Waals surface area contributed by atoms with Crippen LogP contribution in [0.25, 0.3) is 0 Å². The van der Waals surface area contributed by atoms with Gasteiger partial charge in [0.25, 0.3) is 5.91 Å². The topological polar surface area (TPSA) is 78.5 Å². The van der Waals surface area contributed by atoms with Gasteiger partial charge in [0.2, 0.25) is 11.8 Å². The molecule has 6 nitrogen and oxygen atoms in total. The minimum Gasteiger partial charge on any atom is -0.339 e. The van der Waals surface area contributed by atoms with Gasteiger partial charge in [-0.1, -0.05) is 6.07 Å². The molecule has 31 heavy (non-hydrogen) atoms. The third-order valence-electron chi connectivity index (χ3n) is 5.01. The number of alkyl halides is 3. The molecule has 164 valence electrons. The first-order valence-corrected chi connectivity index (χ1v) is 9.73. The Morgan fingerprint density at radius 3 is 2.29 bits per heavy atom. The van der Waals surface area contributed by atoms with Crippen molar-refractivity contribution in [1.82, 2.24) is 4.90 Å². The van der Waals surface area contributed by atoms with Crippen LogP contribution in [0.1, 0.15) is 36.2 Å². The lowest BCUT2D eigenvalue weighted by Gasteiger charge is -2.20. The van der Waals surface area contributed by atoms with Crippen molar-refractivity contribution in [2.75, 3.05) is 17.2 Å². The summed E-state index contributed by atoms with van der Waals surface area (Å²) >= 11 is 0. The molecule has 0 radical (unpaired) electrons. The van der Waals surface area contributed by atoms with Gasteiger partial charge in [-0.3, -0.25) is 14.4 Å². The molecule has 3 amide bonds. The lowest BCUT2D eigenvalue weighted by molar-refractivity contribution is -0.137. The molecule has 0 saturated carbocycles. The second-order valence-corrected chi connectivity index (χ2v) is 7.64. The number of halogens is 3. The zero-order valence-electron chi connectivity index (χ0n) is 17.0. The molecule has 0 bridgehead atoms. The molecule has 0 spiro atoms. The largest absolute Gasteiger partial charge is 0.416 e. The summed E-state index contributed by atoms with van der Waals surface area (Å²) in [6.45, 7) is 4.14. The predicted molar refractivity (Wildman–Crippen MR) is 109 cm³/mol. The third kappa shape index (κ3) is 5.42. The lowest BCUT2D eigenvalue weighted by atomic mass is 10.1. The quantitative estimate of drug-likeness (QED) is 0.744. The molecule has 1 heterocycles. The number of hydrogen-bond donors (Lipinski definition) is 2. The average Bonchev–Trinajstić information content (AvgIpc) is 3.10. The van der Waals surface area contributed by atoms with Crippen LogP contribution in [0, 0.1) is 5.92 Å². The molecule has 1 aliphatic rings. The highest BCUT2D eigenvalue weighted by Crippen LogP contribution is 2.30. The van der Waals surface area contributed by atoms with Crippen molar-refractivity contribution in [1.29, 1.82) is 0 Å². The van der Waals surface area contributed by atoms with Gasteiger partial charge in [-0.05, 0) is 56.3 Å². The second kappa shape index (κ2) is 8.79. The van der Waals surface area contributed by atoms with Crippen molar-refractivity contribution in [3.8, 4) is 0 Å². The molecule has 2 aromatic rings. The van der Waals surface area contributed by atoms with Crippen molar-refractivity contribution in [2.45, 2.75) is 32.5 Å². The van der Waals surface area contributed by atoms with E-state index in [1.807, 2.05) is 13.8 Å². The van der Waals surface area contributed by atoms with Crippen LogP contribution >= 0.6 is 0 Å². The number of rotatable bonds is 5. The number of carbonyl (C=O) groups excluding carboxylic acids is 3. The van der Waals surface area contributed by atoms with Gasteiger partial charge in [-0.2, -0.15) is 13.2 Å². The van der Waals surface area contributed by atoms with E-state index in [0.717, 1.165) is 12.1 Å². The number of likely N-dealkylation sites (tertiary alicyclic amines) is 1. The zero-order chi connectivity index (χ0) is 22.8. The fourth-order valence-corrected chi connectivity index (χ4v) is 3.33. The van der Waals surface area contributed by atoms with Crippen LogP contribution in [-0.2, 0) is 15.8 Å². The Balaban J connectivity index is 1.61. The smallest absolute Gasteiger partial charge is 0.339 e. The first-order valence-electron chi connectivity index (χ1n) is 9.73. The zero-order valence-corrected chi connectivity index (χ0v) is 17.0. The summed E-state index contributed by atoms with van der Waals surface area (Å²) in [5, 5.41) is 5.16. The highest BCUT2D eigenvalue weighted by atomic mass is 19.4. The van der Waals surface area contributed by atoms with Gasteiger partial charge >= 0.3 is 6.18 Å². The molecule has 1 unspecified atom stereocenters. The number of hydrogen-bond acceptors (Lipinski definition) is 3. The summed E-state index contributed by atoms with van der Waals surface area (Å²) in [5.41, 5.74) is -0.156. The Morgan fingerprint density at radius 2 is 1.71 bits per heavy atom. The highest BCUT2D eigenvalue weighted by Gasteiger charge is 2.35. The lowest BCUT2D eigenvalue weighted by Crippen LogP contribution is -2.33. The summed E-state index contributed by atoms with van der Waals surface area (Å²) in [6.07, 6.45) is -4.35. The molecule has 1 saturated heterocycles. The van der Waals surface area contributed by atoms with Gasteiger partial charge in [-0.25, -0.2) is 0 Å². The molecule has 2 N–H and O–H groups in total. The molecule has 1 fully saturated rings. The fraction of sp³-hybridized carbons (Fsp3) is 0.318. The number of nitrogens with zero attached hydrogens (tertiary/aromatic N) is 1. The minimum absolute atomic E-state index is 0.0258. The van der Waals surface area contributed by atoms with E-state index in [-0.39, 0.29) is 35.5 Å². The SMILES string of the molecule is CC(C)N1CC(C(=O)Nc2ccc(C(=O)Nc3cccc(C(F)(F)F)c3)cc2)CC1=O. The molecule has 3 rings (SSSR count). The monoisotopic (exact) mass is 433 g/mol. The molecule has 1 aliphatic heterocycles. The number of benzene rings is 2. The molecular formula is C22H22F3N3O3. The van der Waals surface area contributed by atoms with E-state index < -0.39 is 23.6 Å². The standard InChI is InChI=1S/C22H22F3N3O3/c1-13(2)28-12-15(10-19(28)29)21(31)26-17-8-6-14(7-9-17)20(30)27-18-5-3-4-16(11-18)22(23,24)25/h3-9,11,13,15H,10,12H2,1-2H3,(H,26,31)(H,27,30). The van der Waals surface area contributed by atoms with Gasteiger partial charge in [0, 0.05) is 35.9 Å². The van der Waals surface area contributed by atoms with Gasteiger partial charge in [0.15, 0.2) is 0 Å². The van der Waals surface area contributed by atoms with Crippen LogP contribution in [0.15, 0.2) is 48.5 Å². The third-order valence-corrected chi connectivity index (χ3v) is 5.01. The fourth-order valence-electron chi connectivity index (χ4n) is 3.33. The molecular weight excluding hydrogens is 411 g/mol. The van der Waals surface area contributed by atoms with Gasteiger partial charge in [-0.15, -0.1) is 0 Å². The van der Waals surface area contributed by atoms with Gasteiger partial charge < -0.3 is 15.5 Å². The van der Waals surface area contributed by atoms with E-state index in [4.69, 9.17) is 0 Å². The van der Waals surface area contributed by atoms with E-state index in [1.165, 1.54) is 36.4 Å². The number of amides is 3. The van der Waals surface area contributed by atoms with E-state index >= 15 is 0 Å². The van der Waals surface area contributed by atoms with Crippen LogP contribution in [0.2, 0.25) is 0 Å². The van der Waals surface area contributed by atoms with E-state index in [1.54, 1.807) is 4.90 Å². The Hall–Kier alpha value is -3.36. The number of carbonyl (C=O) groups is 3. The van der Waals surface area contributed by atoms with Crippen LogP contribution in [-0.4, -0.2) is 35.2 Å². The van der Waals surface area contributed by atoms with Crippen LogP contribution in [0.3, 0.4) is 0 Å². The average molecular weight is 433 g/mol. The molecule has 0 aliphatic carbocycles. The molecule has 1 atom stereocenters. The van der Waals surface area contributed by atoms with Crippen LogP contribution < -0.4 is 10.6 Å².